The Morgan fingerprint density at radius 2 is 2.05 bits per heavy atom. The summed E-state index contributed by atoms with van der Waals surface area (Å²) in [6.07, 6.45) is -0.468. The third-order valence-corrected chi connectivity index (χ3v) is 3.17. The van der Waals surface area contributed by atoms with Crippen molar-refractivity contribution in [2.45, 2.75) is 71.2 Å². The molecule has 1 heterocycles. The Balaban J connectivity index is 2.56. The van der Waals surface area contributed by atoms with Crippen molar-refractivity contribution in [3.63, 3.8) is 0 Å². The second-order valence-electron chi connectivity index (χ2n) is 5.94. The van der Waals surface area contributed by atoms with Gasteiger partial charge in [-0.05, 0) is 40.0 Å². The van der Waals surface area contributed by atoms with Gasteiger partial charge in [0.15, 0.2) is 12.1 Å². The number of aliphatic hydroxyl groups excluding tert-OH is 1. The molecule has 0 aromatic heterocycles. The van der Waals surface area contributed by atoms with E-state index in [4.69, 9.17) is 14.2 Å². The maximum atomic E-state index is 10.8. The summed E-state index contributed by atoms with van der Waals surface area (Å²) in [5.74, 6) is -0.549. The first-order chi connectivity index (χ1) is 8.75. The molecule has 1 saturated heterocycles. The number of rotatable bonds is 7. The normalized spacial score (nSPS) is 27.2. The van der Waals surface area contributed by atoms with Gasteiger partial charge in [0.1, 0.15) is 6.10 Å². The van der Waals surface area contributed by atoms with Crippen LogP contribution in [0.4, 0.5) is 0 Å². The van der Waals surface area contributed by atoms with Crippen LogP contribution >= 0.6 is 0 Å². The van der Waals surface area contributed by atoms with E-state index in [1.165, 1.54) is 0 Å². The number of ether oxygens (including phenoxy) is 3. The summed E-state index contributed by atoms with van der Waals surface area (Å²) in [6, 6.07) is 0. The van der Waals surface area contributed by atoms with E-state index in [0.29, 0.717) is 19.3 Å². The highest BCUT2D eigenvalue weighted by Gasteiger charge is 2.36. The highest BCUT2D eigenvalue weighted by Crippen LogP contribution is 2.28. The molecule has 1 aliphatic heterocycles. The van der Waals surface area contributed by atoms with Crippen LogP contribution < -0.4 is 0 Å². The number of hydrogen-bond donors (Lipinski definition) is 1. The van der Waals surface area contributed by atoms with Crippen molar-refractivity contribution in [1.29, 1.82) is 0 Å². The Labute approximate surface area is 115 Å². The second kappa shape index (κ2) is 6.79. The van der Waals surface area contributed by atoms with Crippen LogP contribution in [0.25, 0.3) is 0 Å². The summed E-state index contributed by atoms with van der Waals surface area (Å²) in [4.78, 5) is 10.8. The zero-order chi connectivity index (χ0) is 14.6. The lowest BCUT2D eigenvalue weighted by atomic mass is 9.94. The molecule has 0 saturated carbocycles. The molecule has 0 aromatic rings. The van der Waals surface area contributed by atoms with Gasteiger partial charge in [-0.1, -0.05) is 6.92 Å². The van der Waals surface area contributed by atoms with Crippen LogP contribution in [-0.2, 0) is 19.0 Å². The Hall–Kier alpha value is -0.490. The molecule has 1 rings (SSSR count). The van der Waals surface area contributed by atoms with Crippen molar-refractivity contribution < 1.29 is 24.1 Å². The maximum Gasteiger partial charge on any atom is 0.163 e. The van der Waals surface area contributed by atoms with Crippen LogP contribution in [0.5, 0.6) is 0 Å². The van der Waals surface area contributed by atoms with Gasteiger partial charge in [-0.25, -0.2) is 0 Å². The molecular weight excluding hydrogens is 248 g/mol. The first-order valence-corrected chi connectivity index (χ1v) is 6.85. The predicted molar refractivity (Wildman–Crippen MR) is 70.8 cm³/mol. The first-order valence-electron chi connectivity index (χ1n) is 6.85. The van der Waals surface area contributed by atoms with Crippen LogP contribution in [0.15, 0.2) is 0 Å². The monoisotopic (exact) mass is 274 g/mol. The molecule has 112 valence electrons. The second-order valence-corrected chi connectivity index (χ2v) is 5.94. The van der Waals surface area contributed by atoms with Crippen molar-refractivity contribution in [3.8, 4) is 0 Å². The summed E-state index contributed by atoms with van der Waals surface area (Å²) >= 11 is 0. The molecule has 0 aromatic carbocycles. The topological polar surface area (TPSA) is 65.0 Å². The standard InChI is InChI=1S/C14H26O5/c1-9(2)18-13(12(16)7-15)10(3)6-11-8-17-14(4,5)19-11/h7,9-13,16H,6,8H2,1-5H3/t10-,11-,12+,13+/m1/s1. The highest BCUT2D eigenvalue weighted by atomic mass is 16.7. The molecule has 19 heavy (non-hydrogen) atoms. The van der Waals surface area contributed by atoms with Crippen molar-refractivity contribution in [2.75, 3.05) is 6.61 Å². The van der Waals surface area contributed by atoms with Gasteiger partial charge < -0.3 is 24.1 Å². The van der Waals surface area contributed by atoms with E-state index < -0.39 is 18.0 Å². The van der Waals surface area contributed by atoms with Crippen LogP contribution in [0.1, 0.15) is 41.0 Å². The van der Waals surface area contributed by atoms with Gasteiger partial charge in [-0.15, -0.1) is 0 Å². The van der Waals surface area contributed by atoms with E-state index >= 15 is 0 Å². The van der Waals surface area contributed by atoms with E-state index in [1.807, 2.05) is 34.6 Å². The minimum atomic E-state index is -1.10. The Bertz CT molecular complexity index is 290. The molecule has 5 heteroatoms. The smallest absolute Gasteiger partial charge is 0.163 e. The van der Waals surface area contributed by atoms with E-state index in [2.05, 4.69) is 0 Å². The quantitative estimate of drug-likeness (QED) is 0.713. The fourth-order valence-corrected chi connectivity index (χ4v) is 2.37. The van der Waals surface area contributed by atoms with Crippen LogP contribution in [0, 0.1) is 5.92 Å². The van der Waals surface area contributed by atoms with Crippen LogP contribution in [0.2, 0.25) is 0 Å². The number of carbonyl (C=O) groups excluding carboxylic acids is 1. The van der Waals surface area contributed by atoms with Gasteiger partial charge in [0.25, 0.3) is 0 Å². The van der Waals surface area contributed by atoms with E-state index in [-0.39, 0.29) is 18.1 Å². The van der Waals surface area contributed by atoms with Gasteiger partial charge in [0.2, 0.25) is 0 Å². The lowest BCUT2D eigenvalue weighted by Gasteiger charge is -2.29. The molecule has 1 fully saturated rings. The third-order valence-electron chi connectivity index (χ3n) is 3.17. The van der Waals surface area contributed by atoms with Crippen molar-refractivity contribution in [3.05, 3.63) is 0 Å². The fraction of sp³-hybridized carbons (Fsp3) is 0.929. The van der Waals surface area contributed by atoms with Gasteiger partial charge in [0.05, 0.1) is 24.9 Å². The SMILES string of the molecule is CC(C)O[C@@H]([C@H](C)C[C@@H]1COC(C)(C)O1)[C@@H](O)C=O. The summed E-state index contributed by atoms with van der Waals surface area (Å²) < 4.78 is 16.9. The average Bonchev–Trinajstić information content (AvgIpc) is 2.64. The van der Waals surface area contributed by atoms with Gasteiger partial charge in [-0.2, -0.15) is 0 Å². The lowest BCUT2D eigenvalue weighted by molar-refractivity contribution is -0.147. The summed E-state index contributed by atoms with van der Waals surface area (Å²) in [6.45, 7) is 10.0. The van der Waals surface area contributed by atoms with Crippen molar-refractivity contribution in [2.24, 2.45) is 5.92 Å². The maximum absolute atomic E-state index is 10.8. The van der Waals surface area contributed by atoms with Crippen LogP contribution in [-0.4, -0.2) is 48.2 Å². The first kappa shape index (κ1) is 16.6. The van der Waals surface area contributed by atoms with E-state index in [0.717, 1.165) is 0 Å². The predicted octanol–water partition coefficient (Wildman–Crippen LogP) is 1.52. The molecule has 0 unspecified atom stereocenters. The number of carbonyl (C=O) groups is 1. The molecule has 0 bridgehead atoms. The molecule has 4 atom stereocenters. The van der Waals surface area contributed by atoms with E-state index in [1.54, 1.807) is 0 Å². The van der Waals surface area contributed by atoms with Gasteiger partial charge in [0, 0.05) is 0 Å². The fourth-order valence-electron chi connectivity index (χ4n) is 2.37. The average molecular weight is 274 g/mol. The molecular formula is C14H26O5. The van der Waals surface area contributed by atoms with Crippen molar-refractivity contribution >= 4 is 6.29 Å². The minimum absolute atomic E-state index is 0.00472. The Morgan fingerprint density at radius 1 is 1.42 bits per heavy atom. The van der Waals surface area contributed by atoms with Gasteiger partial charge in [-0.3, -0.25) is 0 Å². The van der Waals surface area contributed by atoms with Crippen molar-refractivity contribution in [1.82, 2.24) is 0 Å². The highest BCUT2D eigenvalue weighted by molar-refractivity contribution is 5.56. The minimum Gasteiger partial charge on any atom is -0.383 e. The van der Waals surface area contributed by atoms with Gasteiger partial charge >= 0.3 is 0 Å². The molecule has 5 nitrogen and oxygen atoms in total. The molecule has 1 N–H and O–H groups in total. The zero-order valence-corrected chi connectivity index (χ0v) is 12.5. The summed E-state index contributed by atoms with van der Waals surface area (Å²) in [7, 11) is 0. The van der Waals surface area contributed by atoms with E-state index in [9.17, 15) is 9.90 Å². The molecule has 1 aliphatic rings. The number of hydrogen-bond acceptors (Lipinski definition) is 5. The summed E-state index contributed by atoms with van der Waals surface area (Å²) in [5, 5.41) is 9.75. The van der Waals surface area contributed by atoms with Crippen LogP contribution in [0.3, 0.4) is 0 Å². The molecule has 0 radical (unpaired) electrons. The Morgan fingerprint density at radius 3 is 2.47 bits per heavy atom. The zero-order valence-electron chi connectivity index (χ0n) is 12.5. The number of aldehydes is 1. The third kappa shape index (κ3) is 5.18. The summed E-state index contributed by atoms with van der Waals surface area (Å²) in [5.41, 5.74) is 0. The lowest BCUT2D eigenvalue weighted by Crippen LogP contribution is -2.39. The molecule has 0 aliphatic carbocycles. The molecule has 0 spiro atoms. The Kier molecular flexibility index (Phi) is 5.92. The number of aliphatic hydroxyl groups is 1. The molecule has 0 amide bonds. The largest absolute Gasteiger partial charge is 0.383 e.